The number of hydrogen-bond donors (Lipinski definition) is 1. The fourth-order valence-corrected chi connectivity index (χ4v) is 5.75. The summed E-state index contributed by atoms with van der Waals surface area (Å²) in [7, 11) is -3.49. The summed E-state index contributed by atoms with van der Waals surface area (Å²) in [5, 5.41) is 2.99. The highest BCUT2D eigenvalue weighted by Crippen LogP contribution is 2.26. The van der Waals surface area contributed by atoms with Gasteiger partial charge in [-0.3, -0.25) is 4.79 Å². The molecule has 6 nitrogen and oxygen atoms in total. The number of carbonyl (C=O) groups is 1. The summed E-state index contributed by atoms with van der Waals surface area (Å²) < 4.78 is 33.0. The number of sulfonamides is 1. The van der Waals surface area contributed by atoms with Crippen molar-refractivity contribution in [1.82, 2.24) is 9.62 Å². The van der Waals surface area contributed by atoms with Gasteiger partial charge in [0.25, 0.3) is 5.91 Å². The standard InChI is InChI=1S/C25H34N2O4S/c1-17-13-19(3)23(15-18(17)2)21(5)26-25(28)16-31-24-10-9-22(14-20(24)4)32(29,30)27-11-7-6-8-12-27/h9-10,13-15,21H,6-8,11-12,16H2,1-5H3,(H,26,28)/t21-/m0/s1. The number of nitrogens with zero attached hydrogens (tertiary/aromatic N) is 1. The van der Waals surface area contributed by atoms with Gasteiger partial charge in [-0.2, -0.15) is 4.31 Å². The van der Waals surface area contributed by atoms with Gasteiger partial charge in [-0.05, 0) is 93.5 Å². The molecule has 1 aliphatic heterocycles. The van der Waals surface area contributed by atoms with E-state index in [1.807, 2.05) is 13.8 Å². The SMILES string of the molecule is Cc1cc(C)c([C@H](C)NC(=O)COc2ccc(S(=O)(=O)N3CCCCC3)cc2C)cc1C. The van der Waals surface area contributed by atoms with Gasteiger partial charge in [0.15, 0.2) is 6.61 Å². The summed E-state index contributed by atoms with van der Waals surface area (Å²) in [6.45, 7) is 10.9. The van der Waals surface area contributed by atoms with Crippen LogP contribution >= 0.6 is 0 Å². The molecule has 0 unspecified atom stereocenters. The molecule has 1 fully saturated rings. The normalized spacial score (nSPS) is 15.9. The van der Waals surface area contributed by atoms with Crippen LogP contribution in [0.1, 0.15) is 60.0 Å². The molecule has 0 radical (unpaired) electrons. The predicted molar refractivity (Wildman–Crippen MR) is 126 cm³/mol. The molecule has 1 N–H and O–H groups in total. The van der Waals surface area contributed by atoms with Crippen molar-refractivity contribution in [2.24, 2.45) is 0 Å². The number of rotatable bonds is 7. The van der Waals surface area contributed by atoms with Crippen molar-refractivity contribution >= 4 is 15.9 Å². The Morgan fingerprint density at radius 1 is 0.969 bits per heavy atom. The smallest absolute Gasteiger partial charge is 0.258 e. The maximum Gasteiger partial charge on any atom is 0.258 e. The molecule has 7 heteroatoms. The average molecular weight is 459 g/mol. The van der Waals surface area contributed by atoms with E-state index in [0.29, 0.717) is 24.4 Å². The molecule has 1 atom stereocenters. The van der Waals surface area contributed by atoms with Gasteiger partial charge in [-0.1, -0.05) is 18.6 Å². The fraction of sp³-hybridized carbons (Fsp3) is 0.480. The third kappa shape index (κ3) is 5.51. The van der Waals surface area contributed by atoms with Crippen LogP contribution in [0, 0.1) is 27.7 Å². The number of piperidine rings is 1. The maximum absolute atomic E-state index is 12.9. The minimum absolute atomic E-state index is 0.132. The van der Waals surface area contributed by atoms with Gasteiger partial charge in [-0.15, -0.1) is 0 Å². The molecule has 0 saturated carbocycles. The van der Waals surface area contributed by atoms with Gasteiger partial charge in [-0.25, -0.2) is 8.42 Å². The largest absolute Gasteiger partial charge is 0.484 e. The first-order valence-corrected chi connectivity index (χ1v) is 12.6. The maximum atomic E-state index is 12.9. The van der Waals surface area contributed by atoms with E-state index in [-0.39, 0.29) is 23.5 Å². The second-order valence-corrected chi connectivity index (χ2v) is 10.7. The molecular formula is C25H34N2O4S. The monoisotopic (exact) mass is 458 g/mol. The van der Waals surface area contributed by atoms with Crippen molar-refractivity contribution < 1.29 is 17.9 Å². The second-order valence-electron chi connectivity index (χ2n) is 8.76. The van der Waals surface area contributed by atoms with E-state index >= 15 is 0 Å². The molecule has 32 heavy (non-hydrogen) atoms. The predicted octanol–water partition coefficient (Wildman–Crippen LogP) is 4.35. The molecule has 174 valence electrons. The van der Waals surface area contributed by atoms with Crippen LogP contribution in [-0.4, -0.2) is 38.3 Å². The van der Waals surface area contributed by atoms with Crippen LogP contribution < -0.4 is 10.1 Å². The highest BCUT2D eigenvalue weighted by atomic mass is 32.2. The molecular weight excluding hydrogens is 424 g/mol. The Balaban J connectivity index is 1.62. The molecule has 1 amide bonds. The molecule has 2 aromatic carbocycles. The Bertz CT molecular complexity index is 1090. The summed E-state index contributed by atoms with van der Waals surface area (Å²) in [5.74, 6) is 0.285. The zero-order chi connectivity index (χ0) is 23.5. The van der Waals surface area contributed by atoms with Gasteiger partial charge < -0.3 is 10.1 Å². The number of carbonyl (C=O) groups excluding carboxylic acids is 1. The number of ether oxygens (including phenoxy) is 1. The Labute approximate surface area is 192 Å². The van der Waals surface area contributed by atoms with Crippen LogP contribution in [0.4, 0.5) is 0 Å². The average Bonchev–Trinajstić information content (AvgIpc) is 2.75. The molecule has 0 aliphatic carbocycles. The lowest BCUT2D eigenvalue weighted by Crippen LogP contribution is -2.35. The third-order valence-electron chi connectivity index (χ3n) is 6.18. The Morgan fingerprint density at radius 2 is 1.62 bits per heavy atom. The van der Waals surface area contributed by atoms with Crippen LogP contribution in [0.3, 0.4) is 0 Å². The summed E-state index contributed by atoms with van der Waals surface area (Å²) >= 11 is 0. The lowest BCUT2D eigenvalue weighted by atomic mass is 9.96. The highest BCUT2D eigenvalue weighted by Gasteiger charge is 2.26. The van der Waals surface area contributed by atoms with E-state index in [1.165, 1.54) is 11.1 Å². The molecule has 1 heterocycles. The van der Waals surface area contributed by atoms with Crippen LogP contribution in [0.25, 0.3) is 0 Å². The molecule has 3 rings (SSSR count). The lowest BCUT2D eigenvalue weighted by molar-refractivity contribution is -0.123. The number of amides is 1. The Kier molecular flexibility index (Phi) is 7.62. The van der Waals surface area contributed by atoms with E-state index in [0.717, 1.165) is 30.4 Å². The Hall–Kier alpha value is -2.38. The summed E-state index contributed by atoms with van der Waals surface area (Å²) in [5.41, 5.74) is 5.34. The van der Waals surface area contributed by atoms with E-state index < -0.39 is 10.0 Å². The number of benzene rings is 2. The second kappa shape index (κ2) is 10.0. The molecule has 0 bridgehead atoms. The highest BCUT2D eigenvalue weighted by molar-refractivity contribution is 7.89. The first kappa shape index (κ1) is 24.3. The van der Waals surface area contributed by atoms with E-state index in [2.05, 4.69) is 31.3 Å². The number of hydrogen-bond acceptors (Lipinski definition) is 4. The minimum Gasteiger partial charge on any atom is -0.484 e. The fourth-order valence-electron chi connectivity index (χ4n) is 4.15. The van der Waals surface area contributed by atoms with E-state index in [1.54, 1.807) is 29.4 Å². The van der Waals surface area contributed by atoms with Crippen molar-refractivity contribution in [2.45, 2.75) is 64.8 Å². The van der Waals surface area contributed by atoms with Crippen molar-refractivity contribution in [3.05, 3.63) is 58.1 Å². The van der Waals surface area contributed by atoms with Crippen molar-refractivity contribution in [3.63, 3.8) is 0 Å². The third-order valence-corrected chi connectivity index (χ3v) is 8.08. The van der Waals surface area contributed by atoms with Crippen molar-refractivity contribution in [2.75, 3.05) is 19.7 Å². The molecule has 0 spiro atoms. The zero-order valence-electron chi connectivity index (χ0n) is 19.7. The summed E-state index contributed by atoms with van der Waals surface area (Å²) in [6, 6.07) is 8.93. The van der Waals surface area contributed by atoms with Crippen LogP contribution in [-0.2, 0) is 14.8 Å². The number of nitrogens with one attached hydrogen (secondary N) is 1. The Morgan fingerprint density at radius 3 is 2.28 bits per heavy atom. The summed E-state index contributed by atoms with van der Waals surface area (Å²) in [6.07, 6.45) is 2.87. The van der Waals surface area contributed by atoms with Crippen LogP contribution in [0.2, 0.25) is 0 Å². The van der Waals surface area contributed by atoms with Crippen molar-refractivity contribution in [1.29, 1.82) is 0 Å². The molecule has 2 aromatic rings. The van der Waals surface area contributed by atoms with Gasteiger partial charge in [0.1, 0.15) is 5.75 Å². The molecule has 1 saturated heterocycles. The molecule has 0 aromatic heterocycles. The van der Waals surface area contributed by atoms with Crippen LogP contribution in [0.5, 0.6) is 5.75 Å². The van der Waals surface area contributed by atoms with Gasteiger partial charge in [0.05, 0.1) is 10.9 Å². The summed E-state index contributed by atoms with van der Waals surface area (Å²) in [4.78, 5) is 12.7. The quantitative estimate of drug-likeness (QED) is 0.669. The van der Waals surface area contributed by atoms with Gasteiger partial charge in [0, 0.05) is 13.1 Å². The van der Waals surface area contributed by atoms with E-state index in [9.17, 15) is 13.2 Å². The van der Waals surface area contributed by atoms with Crippen LogP contribution in [0.15, 0.2) is 35.2 Å². The van der Waals surface area contributed by atoms with Gasteiger partial charge >= 0.3 is 0 Å². The topological polar surface area (TPSA) is 75.7 Å². The zero-order valence-corrected chi connectivity index (χ0v) is 20.5. The van der Waals surface area contributed by atoms with E-state index in [4.69, 9.17) is 4.74 Å². The number of aryl methyl sites for hydroxylation is 4. The molecule has 1 aliphatic rings. The van der Waals surface area contributed by atoms with Gasteiger partial charge in [0.2, 0.25) is 10.0 Å². The lowest BCUT2D eigenvalue weighted by Gasteiger charge is -2.26. The van der Waals surface area contributed by atoms with Crippen molar-refractivity contribution in [3.8, 4) is 5.75 Å². The first-order chi connectivity index (χ1) is 15.1. The first-order valence-electron chi connectivity index (χ1n) is 11.2. The minimum atomic E-state index is -3.49.